The molecule has 0 heterocycles. The second-order valence-corrected chi connectivity index (χ2v) is 4.86. The summed E-state index contributed by atoms with van der Waals surface area (Å²) < 4.78 is 4.71. The van der Waals surface area contributed by atoms with Gasteiger partial charge < -0.3 is 20.7 Å². The first-order valence-corrected chi connectivity index (χ1v) is 6.53. The Hall–Kier alpha value is -2.69. The Morgan fingerprint density at radius 2 is 1.81 bits per heavy atom. The third kappa shape index (κ3) is 3.45. The van der Waals surface area contributed by atoms with Gasteiger partial charge in [-0.1, -0.05) is 0 Å². The summed E-state index contributed by atoms with van der Waals surface area (Å²) >= 11 is 0. The molecule has 0 aliphatic carbocycles. The van der Waals surface area contributed by atoms with Crippen molar-refractivity contribution in [2.24, 2.45) is 0 Å². The first kappa shape index (κ1) is 14.7. The molecule has 2 aromatic carbocycles. The van der Waals surface area contributed by atoms with Crippen LogP contribution in [0.25, 0.3) is 0 Å². The number of rotatable bonds is 4. The SMILES string of the molecule is COC(=O)c1ccc(N)c(Nc2ccc(N(C)C)cc2)c1. The first-order chi connectivity index (χ1) is 10.0. The highest BCUT2D eigenvalue weighted by atomic mass is 16.5. The number of carbonyl (C=O) groups is 1. The second kappa shape index (κ2) is 6.17. The molecular weight excluding hydrogens is 266 g/mol. The fourth-order valence-electron chi connectivity index (χ4n) is 1.91. The lowest BCUT2D eigenvalue weighted by atomic mass is 10.1. The predicted octanol–water partition coefficient (Wildman–Crippen LogP) is 2.87. The lowest BCUT2D eigenvalue weighted by molar-refractivity contribution is 0.0601. The van der Waals surface area contributed by atoms with Crippen molar-refractivity contribution < 1.29 is 9.53 Å². The number of nitrogens with one attached hydrogen (secondary N) is 1. The lowest BCUT2D eigenvalue weighted by Crippen LogP contribution is -2.08. The minimum atomic E-state index is -0.388. The van der Waals surface area contributed by atoms with Gasteiger partial charge in [0.15, 0.2) is 0 Å². The molecular formula is C16H19N3O2. The molecule has 0 spiro atoms. The molecule has 110 valence electrons. The van der Waals surface area contributed by atoms with E-state index in [-0.39, 0.29) is 5.97 Å². The predicted molar refractivity (Wildman–Crippen MR) is 86.2 cm³/mol. The summed E-state index contributed by atoms with van der Waals surface area (Å²) in [4.78, 5) is 13.6. The third-order valence-corrected chi connectivity index (χ3v) is 3.14. The maximum absolute atomic E-state index is 11.6. The number of esters is 1. The van der Waals surface area contributed by atoms with Crippen LogP contribution >= 0.6 is 0 Å². The molecule has 5 nitrogen and oxygen atoms in total. The van der Waals surface area contributed by atoms with Gasteiger partial charge in [-0.2, -0.15) is 0 Å². The third-order valence-electron chi connectivity index (χ3n) is 3.14. The van der Waals surface area contributed by atoms with Crippen LogP contribution in [0.1, 0.15) is 10.4 Å². The number of benzene rings is 2. The van der Waals surface area contributed by atoms with Crippen molar-refractivity contribution in [2.45, 2.75) is 0 Å². The monoisotopic (exact) mass is 285 g/mol. The molecule has 0 unspecified atom stereocenters. The van der Waals surface area contributed by atoms with E-state index in [4.69, 9.17) is 10.5 Å². The summed E-state index contributed by atoms with van der Waals surface area (Å²) in [6.07, 6.45) is 0. The number of methoxy groups -OCH3 is 1. The molecule has 0 aliphatic rings. The second-order valence-electron chi connectivity index (χ2n) is 4.86. The zero-order valence-electron chi connectivity index (χ0n) is 12.4. The fourth-order valence-corrected chi connectivity index (χ4v) is 1.91. The quantitative estimate of drug-likeness (QED) is 0.668. The van der Waals surface area contributed by atoms with Crippen LogP contribution in [-0.2, 0) is 4.74 Å². The van der Waals surface area contributed by atoms with Crippen LogP contribution in [0, 0.1) is 0 Å². The molecule has 3 N–H and O–H groups in total. The number of anilines is 4. The molecule has 5 heteroatoms. The van der Waals surface area contributed by atoms with Crippen LogP contribution in [0.15, 0.2) is 42.5 Å². The fraction of sp³-hybridized carbons (Fsp3) is 0.188. The minimum Gasteiger partial charge on any atom is -0.465 e. The summed E-state index contributed by atoms with van der Waals surface area (Å²) in [6, 6.07) is 12.9. The Labute approximate surface area is 124 Å². The van der Waals surface area contributed by atoms with Crippen LogP contribution in [0.5, 0.6) is 0 Å². The van der Waals surface area contributed by atoms with Crippen LogP contribution in [-0.4, -0.2) is 27.2 Å². The molecule has 0 atom stereocenters. The van der Waals surface area contributed by atoms with Crippen LogP contribution in [0.3, 0.4) is 0 Å². The number of nitrogens with two attached hydrogens (primary N) is 1. The average Bonchev–Trinajstić information content (AvgIpc) is 2.49. The van der Waals surface area contributed by atoms with Crippen molar-refractivity contribution >= 4 is 28.7 Å². The van der Waals surface area contributed by atoms with Crippen molar-refractivity contribution in [2.75, 3.05) is 37.2 Å². The number of hydrogen-bond donors (Lipinski definition) is 2. The summed E-state index contributed by atoms with van der Waals surface area (Å²) in [6.45, 7) is 0. The van der Waals surface area contributed by atoms with Gasteiger partial charge in [-0.25, -0.2) is 4.79 Å². The van der Waals surface area contributed by atoms with Crippen molar-refractivity contribution in [3.63, 3.8) is 0 Å². The van der Waals surface area contributed by atoms with Gasteiger partial charge in [-0.3, -0.25) is 0 Å². The average molecular weight is 285 g/mol. The molecule has 0 bridgehead atoms. The number of carbonyl (C=O) groups excluding carboxylic acids is 1. The molecule has 0 aromatic heterocycles. The van der Waals surface area contributed by atoms with Crippen molar-refractivity contribution in [1.82, 2.24) is 0 Å². The Balaban J connectivity index is 2.24. The Bertz CT molecular complexity index is 636. The van der Waals surface area contributed by atoms with Crippen molar-refractivity contribution in [3.8, 4) is 0 Å². The van der Waals surface area contributed by atoms with E-state index in [9.17, 15) is 4.79 Å². The maximum atomic E-state index is 11.6. The van der Waals surface area contributed by atoms with E-state index in [0.29, 0.717) is 16.9 Å². The van der Waals surface area contributed by atoms with Gasteiger partial charge in [-0.05, 0) is 42.5 Å². The molecule has 0 aliphatic heterocycles. The van der Waals surface area contributed by atoms with E-state index >= 15 is 0 Å². The van der Waals surface area contributed by atoms with Gasteiger partial charge in [-0.15, -0.1) is 0 Å². The highest BCUT2D eigenvalue weighted by Gasteiger charge is 2.08. The summed E-state index contributed by atoms with van der Waals surface area (Å²) in [5, 5.41) is 3.21. The van der Waals surface area contributed by atoms with Crippen LogP contribution < -0.4 is 16.0 Å². The van der Waals surface area contributed by atoms with Gasteiger partial charge in [0.05, 0.1) is 24.0 Å². The number of nitrogens with zero attached hydrogens (tertiary/aromatic N) is 1. The molecule has 0 fully saturated rings. The largest absolute Gasteiger partial charge is 0.465 e. The van der Waals surface area contributed by atoms with Crippen molar-refractivity contribution in [1.29, 1.82) is 0 Å². The summed E-state index contributed by atoms with van der Waals surface area (Å²) in [7, 11) is 5.33. The first-order valence-electron chi connectivity index (χ1n) is 6.53. The smallest absolute Gasteiger partial charge is 0.337 e. The minimum absolute atomic E-state index is 0.388. The van der Waals surface area contributed by atoms with E-state index in [1.54, 1.807) is 18.2 Å². The molecule has 0 saturated heterocycles. The van der Waals surface area contributed by atoms with Gasteiger partial charge in [0.1, 0.15) is 0 Å². The van der Waals surface area contributed by atoms with Crippen LogP contribution in [0.4, 0.5) is 22.7 Å². The van der Waals surface area contributed by atoms with E-state index < -0.39 is 0 Å². The zero-order valence-corrected chi connectivity index (χ0v) is 12.4. The Morgan fingerprint density at radius 3 is 2.38 bits per heavy atom. The number of hydrogen-bond acceptors (Lipinski definition) is 5. The Morgan fingerprint density at radius 1 is 1.14 bits per heavy atom. The molecule has 21 heavy (non-hydrogen) atoms. The maximum Gasteiger partial charge on any atom is 0.337 e. The van der Waals surface area contributed by atoms with Gasteiger partial charge in [0.2, 0.25) is 0 Å². The zero-order chi connectivity index (χ0) is 15.4. The van der Waals surface area contributed by atoms with E-state index in [2.05, 4.69) is 5.32 Å². The standard InChI is InChI=1S/C16H19N3O2/c1-19(2)13-7-5-12(6-8-13)18-15-10-11(16(20)21-3)4-9-14(15)17/h4-10,18H,17H2,1-3H3. The van der Waals surface area contributed by atoms with Gasteiger partial charge in [0, 0.05) is 25.5 Å². The van der Waals surface area contributed by atoms with E-state index in [1.165, 1.54) is 7.11 Å². The molecule has 2 rings (SSSR count). The number of nitrogen functional groups attached to an aromatic ring is 1. The van der Waals surface area contributed by atoms with Gasteiger partial charge >= 0.3 is 5.97 Å². The van der Waals surface area contributed by atoms with E-state index in [0.717, 1.165) is 11.4 Å². The topological polar surface area (TPSA) is 67.6 Å². The molecule has 0 amide bonds. The van der Waals surface area contributed by atoms with Gasteiger partial charge in [0.25, 0.3) is 0 Å². The van der Waals surface area contributed by atoms with Crippen LogP contribution in [0.2, 0.25) is 0 Å². The highest BCUT2D eigenvalue weighted by molar-refractivity contribution is 5.92. The summed E-state index contributed by atoms with van der Waals surface area (Å²) in [5.74, 6) is -0.388. The molecule has 2 aromatic rings. The van der Waals surface area contributed by atoms with Crippen molar-refractivity contribution in [3.05, 3.63) is 48.0 Å². The summed E-state index contributed by atoms with van der Waals surface area (Å²) in [5.41, 5.74) is 9.64. The molecule has 0 saturated carbocycles. The normalized spacial score (nSPS) is 10.0. The number of ether oxygens (including phenoxy) is 1. The van der Waals surface area contributed by atoms with E-state index in [1.807, 2.05) is 43.3 Å². The molecule has 0 radical (unpaired) electrons. The highest BCUT2D eigenvalue weighted by Crippen LogP contribution is 2.26. The Kier molecular flexibility index (Phi) is 4.33. The lowest BCUT2D eigenvalue weighted by Gasteiger charge is -2.14.